The Labute approximate surface area is 131 Å². The largest absolute Gasteiger partial charge is 0.492 e. The van der Waals surface area contributed by atoms with Crippen LogP contribution < -0.4 is 10.5 Å². The fraction of sp³-hybridized carbons (Fsp3) is 0.625. The molecule has 1 aromatic rings. The van der Waals surface area contributed by atoms with Crippen molar-refractivity contribution in [3.63, 3.8) is 0 Å². The fourth-order valence-electron chi connectivity index (χ4n) is 2.35. The molecule has 2 N–H and O–H groups in total. The summed E-state index contributed by atoms with van der Waals surface area (Å²) < 4.78 is 6.85. The first-order valence-electron chi connectivity index (χ1n) is 7.26. The lowest BCUT2D eigenvalue weighted by molar-refractivity contribution is 0.142. The molecule has 0 aliphatic rings. The highest BCUT2D eigenvalue weighted by Crippen LogP contribution is 2.26. The molecule has 1 rings (SSSR count). The third-order valence-electron chi connectivity index (χ3n) is 3.41. The van der Waals surface area contributed by atoms with Crippen molar-refractivity contribution in [2.75, 3.05) is 13.2 Å². The first-order chi connectivity index (χ1) is 9.32. The minimum absolute atomic E-state index is 0.0239. The summed E-state index contributed by atoms with van der Waals surface area (Å²) in [6, 6.07) is 7.09. The number of halogens is 1. The molecule has 0 amide bonds. The summed E-state index contributed by atoms with van der Waals surface area (Å²) in [5.41, 5.74) is 6.99. The molecule has 0 spiro atoms. The van der Waals surface area contributed by atoms with Crippen LogP contribution in [0.15, 0.2) is 22.7 Å². The molecule has 0 unspecified atom stereocenters. The van der Waals surface area contributed by atoms with Crippen LogP contribution in [0.25, 0.3) is 0 Å². The van der Waals surface area contributed by atoms with Gasteiger partial charge in [-0.2, -0.15) is 0 Å². The molecule has 0 heterocycles. The summed E-state index contributed by atoms with van der Waals surface area (Å²) in [7, 11) is 0. The van der Waals surface area contributed by atoms with E-state index >= 15 is 0 Å². The number of rotatable bonds is 7. The number of hydrogen-bond acceptors (Lipinski definition) is 3. The first kappa shape index (κ1) is 17.5. The van der Waals surface area contributed by atoms with Crippen molar-refractivity contribution in [2.24, 2.45) is 5.73 Å². The number of benzene rings is 1. The smallest absolute Gasteiger partial charge is 0.120 e. The van der Waals surface area contributed by atoms with Crippen LogP contribution in [0.2, 0.25) is 0 Å². The molecular weight excluding hydrogens is 316 g/mol. The molecule has 0 bridgehead atoms. The van der Waals surface area contributed by atoms with Gasteiger partial charge in [-0.05, 0) is 52.3 Å². The van der Waals surface area contributed by atoms with Gasteiger partial charge in [0.15, 0.2) is 0 Å². The molecule has 0 aliphatic carbocycles. The maximum Gasteiger partial charge on any atom is 0.120 e. The molecule has 0 saturated carbocycles. The maximum atomic E-state index is 5.89. The van der Waals surface area contributed by atoms with Gasteiger partial charge in [0.25, 0.3) is 0 Å². The third kappa shape index (κ3) is 5.08. The van der Waals surface area contributed by atoms with Crippen molar-refractivity contribution in [2.45, 2.75) is 52.7 Å². The molecule has 114 valence electrons. The zero-order valence-electron chi connectivity index (χ0n) is 13.2. The van der Waals surface area contributed by atoms with Crippen LogP contribution in [-0.4, -0.2) is 30.1 Å². The van der Waals surface area contributed by atoms with Crippen LogP contribution in [0.4, 0.5) is 0 Å². The third-order valence-corrected chi connectivity index (χ3v) is 4.09. The molecule has 20 heavy (non-hydrogen) atoms. The number of hydrogen-bond donors (Lipinski definition) is 1. The van der Waals surface area contributed by atoms with E-state index in [1.54, 1.807) is 0 Å². The normalized spacial score (nSPS) is 13.3. The Morgan fingerprint density at radius 2 is 1.75 bits per heavy atom. The van der Waals surface area contributed by atoms with Gasteiger partial charge in [-0.25, -0.2) is 0 Å². The fourth-order valence-corrected chi connectivity index (χ4v) is 3.07. The standard InChI is InChI=1S/C16H27BrN2O/c1-11(2)19(12(3)4)8-9-20-14-6-7-15(13(5)18)16(17)10-14/h6-7,10-13H,8-9,18H2,1-5H3/t13-/m0/s1. The van der Waals surface area contributed by atoms with Crippen LogP contribution in [-0.2, 0) is 0 Å². The monoisotopic (exact) mass is 342 g/mol. The highest BCUT2D eigenvalue weighted by Gasteiger charge is 2.13. The number of ether oxygens (including phenoxy) is 1. The highest BCUT2D eigenvalue weighted by molar-refractivity contribution is 9.10. The topological polar surface area (TPSA) is 38.5 Å². The molecule has 1 aromatic carbocycles. The molecule has 4 heteroatoms. The van der Waals surface area contributed by atoms with Gasteiger partial charge in [-0.1, -0.05) is 22.0 Å². The minimum Gasteiger partial charge on any atom is -0.492 e. The van der Waals surface area contributed by atoms with Crippen LogP contribution in [0, 0.1) is 0 Å². The zero-order chi connectivity index (χ0) is 15.3. The van der Waals surface area contributed by atoms with Crippen LogP contribution in [0.5, 0.6) is 5.75 Å². The SMILES string of the molecule is CC(C)N(CCOc1ccc([C@H](C)N)c(Br)c1)C(C)C. The van der Waals surface area contributed by atoms with E-state index in [0.717, 1.165) is 22.3 Å². The van der Waals surface area contributed by atoms with Gasteiger partial charge in [0.05, 0.1) is 0 Å². The van der Waals surface area contributed by atoms with Gasteiger partial charge >= 0.3 is 0 Å². The molecule has 0 saturated heterocycles. The summed E-state index contributed by atoms with van der Waals surface area (Å²) in [5, 5.41) is 0. The van der Waals surface area contributed by atoms with Crippen molar-refractivity contribution >= 4 is 15.9 Å². The van der Waals surface area contributed by atoms with Crippen LogP contribution in [0.3, 0.4) is 0 Å². The van der Waals surface area contributed by atoms with Gasteiger partial charge in [0, 0.05) is 29.1 Å². The minimum atomic E-state index is 0.0239. The van der Waals surface area contributed by atoms with E-state index in [0.29, 0.717) is 18.7 Å². The van der Waals surface area contributed by atoms with E-state index < -0.39 is 0 Å². The molecular formula is C16H27BrN2O. The Kier molecular flexibility index (Phi) is 7.00. The average Bonchev–Trinajstić information content (AvgIpc) is 2.33. The zero-order valence-corrected chi connectivity index (χ0v) is 14.8. The molecule has 1 atom stereocenters. The van der Waals surface area contributed by atoms with Gasteiger partial charge in [0.2, 0.25) is 0 Å². The lowest BCUT2D eigenvalue weighted by atomic mass is 10.1. The van der Waals surface area contributed by atoms with Crippen molar-refractivity contribution in [3.8, 4) is 5.75 Å². The summed E-state index contributed by atoms with van der Waals surface area (Å²) in [4.78, 5) is 2.42. The second-order valence-electron chi connectivity index (χ2n) is 5.75. The predicted octanol–water partition coefficient (Wildman–Crippen LogP) is 3.97. The Bertz CT molecular complexity index is 411. The van der Waals surface area contributed by atoms with Gasteiger partial charge in [-0.3, -0.25) is 4.90 Å². The Hall–Kier alpha value is -0.580. The van der Waals surface area contributed by atoms with E-state index in [1.165, 1.54) is 0 Å². The van der Waals surface area contributed by atoms with Crippen LogP contribution >= 0.6 is 15.9 Å². The summed E-state index contributed by atoms with van der Waals surface area (Å²) in [5.74, 6) is 0.883. The molecule has 0 aromatic heterocycles. The maximum absolute atomic E-state index is 5.89. The molecule has 0 radical (unpaired) electrons. The van der Waals surface area contributed by atoms with Crippen molar-refractivity contribution in [3.05, 3.63) is 28.2 Å². The highest BCUT2D eigenvalue weighted by atomic mass is 79.9. The second kappa shape index (κ2) is 8.01. The van der Waals surface area contributed by atoms with Crippen molar-refractivity contribution in [1.82, 2.24) is 4.90 Å². The quantitative estimate of drug-likeness (QED) is 0.814. The summed E-state index contributed by atoms with van der Waals surface area (Å²) >= 11 is 3.54. The Morgan fingerprint density at radius 3 is 2.20 bits per heavy atom. The Morgan fingerprint density at radius 1 is 1.15 bits per heavy atom. The molecule has 0 fully saturated rings. The number of nitrogens with two attached hydrogens (primary N) is 1. The molecule has 0 aliphatic heterocycles. The van der Waals surface area contributed by atoms with E-state index in [1.807, 2.05) is 25.1 Å². The van der Waals surface area contributed by atoms with E-state index in [4.69, 9.17) is 10.5 Å². The first-order valence-corrected chi connectivity index (χ1v) is 8.05. The van der Waals surface area contributed by atoms with E-state index in [-0.39, 0.29) is 6.04 Å². The van der Waals surface area contributed by atoms with Gasteiger partial charge < -0.3 is 10.5 Å². The lowest BCUT2D eigenvalue weighted by Crippen LogP contribution is -2.39. The van der Waals surface area contributed by atoms with E-state index in [9.17, 15) is 0 Å². The van der Waals surface area contributed by atoms with Crippen molar-refractivity contribution in [1.29, 1.82) is 0 Å². The van der Waals surface area contributed by atoms with Gasteiger partial charge in [-0.15, -0.1) is 0 Å². The van der Waals surface area contributed by atoms with Gasteiger partial charge in [0.1, 0.15) is 12.4 Å². The van der Waals surface area contributed by atoms with Crippen LogP contribution in [0.1, 0.15) is 46.2 Å². The van der Waals surface area contributed by atoms with E-state index in [2.05, 4.69) is 48.5 Å². The van der Waals surface area contributed by atoms with Crippen molar-refractivity contribution < 1.29 is 4.74 Å². The summed E-state index contributed by atoms with van der Waals surface area (Å²) in [6.45, 7) is 12.5. The number of nitrogens with zero attached hydrogens (tertiary/aromatic N) is 1. The molecule has 3 nitrogen and oxygen atoms in total. The summed E-state index contributed by atoms with van der Waals surface area (Å²) in [6.07, 6.45) is 0. The lowest BCUT2D eigenvalue weighted by Gasteiger charge is -2.30. The second-order valence-corrected chi connectivity index (χ2v) is 6.60. The predicted molar refractivity (Wildman–Crippen MR) is 89.2 cm³/mol. The average molecular weight is 343 g/mol. The Balaban J connectivity index is 2.56.